The van der Waals surface area contributed by atoms with Crippen LogP contribution in [0.2, 0.25) is 10.0 Å². The quantitative estimate of drug-likeness (QED) is 0.225. The molecule has 2 saturated heterocycles. The lowest BCUT2D eigenvalue weighted by Gasteiger charge is -2.42. The summed E-state index contributed by atoms with van der Waals surface area (Å²) in [5.41, 5.74) is 3.17. The summed E-state index contributed by atoms with van der Waals surface area (Å²) in [6, 6.07) is 17.0. The Kier molecular flexibility index (Phi) is 9.23. The highest BCUT2D eigenvalue weighted by atomic mass is 35.5. The number of aromatic amines is 1. The Morgan fingerprint density at radius 2 is 1.74 bits per heavy atom. The first-order chi connectivity index (χ1) is 22.1. The van der Waals surface area contributed by atoms with Crippen molar-refractivity contribution in [3.8, 4) is 0 Å². The van der Waals surface area contributed by atoms with Crippen LogP contribution in [0, 0.1) is 12.7 Å². The van der Waals surface area contributed by atoms with E-state index in [-0.39, 0.29) is 35.8 Å². The number of nitrogens with one attached hydrogen (secondary N) is 2. The second kappa shape index (κ2) is 13.2. The van der Waals surface area contributed by atoms with Gasteiger partial charge in [-0.2, -0.15) is 0 Å². The molecule has 1 unspecified atom stereocenters. The molecule has 4 aromatic rings. The van der Waals surface area contributed by atoms with E-state index in [0.29, 0.717) is 43.3 Å². The van der Waals surface area contributed by atoms with Crippen molar-refractivity contribution in [2.45, 2.75) is 42.5 Å². The van der Waals surface area contributed by atoms with Crippen LogP contribution in [0.3, 0.4) is 0 Å². The van der Waals surface area contributed by atoms with Gasteiger partial charge in [0.15, 0.2) is 0 Å². The highest BCUT2D eigenvalue weighted by molar-refractivity contribution is 8.01. The van der Waals surface area contributed by atoms with Gasteiger partial charge in [-0.1, -0.05) is 53.0 Å². The van der Waals surface area contributed by atoms with E-state index in [1.165, 1.54) is 23.9 Å². The Balaban J connectivity index is 1.47. The second-order valence-electron chi connectivity index (χ2n) is 11.7. The van der Waals surface area contributed by atoms with E-state index in [2.05, 4.69) is 10.3 Å². The minimum absolute atomic E-state index is 0.00670. The lowest BCUT2D eigenvalue weighted by atomic mass is 9.90. The molecule has 2 atom stereocenters. The van der Waals surface area contributed by atoms with Crippen LogP contribution in [0.1, 0.15) is 36.1 Å². The topological polar surface area (TPSA) is 88.8 Å². The fourth-order valence-corrected chi connectivity index (χ4v) is 8.15. The van der Waals surface area contributed by atoms with Crippen molar-refractivity contribution in [2.24, 2.45) is 0 Å². The number of fused-ring (bicyclic) bond motifs is 1. The summed E-state index contributed by atoms with van der Waals surface area (Å²) in [6.45, 7) is 5.87. The van der Waals surface area contributed by atoms with E-state index in [1.807, 2.05) is 56.4 Å². The van der Waals surface area contributed by atoms with Gasteiger partial charge >= 0.3 is 6.03 Å². The van der Waals surface area contributed by atoms with Crippen molar-refractivity contribution in [1.82, 2.24) is 25.0 Å². The lowest BCUT2D eigenvalue weighted by molar-refractivity contribution is -0.136. The number of piperazine rings is 1. The number of aryl methyl sites for hydroxylation is 1. The van der Waals surface area contributed by atoms with Crippen LogP contribution >= 0.6 is 35.0 Å². The first-order valence-corrected chi connectivity index (χ1v) is 16.7. The summed E-state index contributed by atoms with van der Waals surface area (Å²) < 4.78 is 13.3. The molecule has 2 aliphatic rings. The summed E-state index contributed by atoms with van der Waals surface area (Å²) in [5.74, 6) is -0.983. The van der Waals surface area contributed by atoms with E-state index >= 15 is 4.79 Å². The number of carbonyl (C=O) groups excluding carboxylic acids is 3. The number of benzene rings is 3. The molecule has 0 saturated carbocycles. The van der Waals surface area contributed by atoms with Crippen molar-refractivity contribution in [3.63, 3.8) is 0 Å². The molecule has 12 heteroatoms. The number of hydrogen-bond donors (Lipinski definition) is 2. The van der Waals surface area contributed by atoms with Gasteiger partial charge in [0.25, 0.3) is 0 Å². The molecule has 3 heterocycles. The van der Waals surface area contributed by atoms with Crippen molar-refractivity contribution in [2.75, 3.05) is 32.7 Å². The number of rotatable bonds is 7. The number of hydrogen-bond acceptors (Lipinski definition) is 4. The molecule has 0 bridgehead atoms. The number of carbonyl (C=O) groups is 3. The maximum atomic E-state index is 15.0. The van der Waals surface area contributed by atoms with Crippen LogP contribution in [0.4, 0.5) is 9.18 Å². The van der Waals surface area contributed by atoms with Gasteiger partial charge in [-0.15, -0.1) is 11.8 Å². The molecule has 0 aliphatic carbocycles. The third kappa shape index (κ3) is 6.18. The van der Waals surface area contributed by atoms with Crippen molar-refractivity contribution < 1.29 is 18.8 Å². The van der Waals surface area contributed by atoms with Gasteiger partial charge in [0, 0.05) is 71.8 Å². The van der Waals surface area contributed by atoms with Crippen LogP contribution in [-0.2, 0) is 16.1 Å². The molecule has 6 rings (SSSR count). The number of urea groups is 1. The van der Waals surface area contributed by atoms with Crippen LogP contribution in [0.15, 0.2) is 71.8 Å². The van der Waals surface area contributed by atoms with E-state index in [0.717, 1.165) is 26.9 Å². The molecule has 2 N–H and O–H groups in total. The monoisotopic (exact) mass is 681 g/mol. The number of halogens is 3. The third-order valence-corrected chi connectivity index (χ3v) is 10.6. The first kappa shape index (κ1) is 32.2. The van der Waals surface area contributed by atoms with E-state index in [1.54, 1.807) is 26.8 Å². The molecule has 2 fully saturated rings. The van der Waals surface area contributed by atoms with Crippen LogP contribution < -0.4 is 5.32 Å². The molecule has 240 valence electrons. The number of H-pyrrole nitrogens is 1. The summed E-state index contributed by atoms with van der Waals surface area (Å²) >= 11 is 13.7. The van der Waals surface area contributed by atoms with Gasteiger partial charge in [0.1, 0.15) is 10.6 Å². The number of nitrogens with zero attached hydrogens (tertiary/aromatic N) is 3. The summed E-state index contributed by atoms with van der Waals surface area (Å²) in [4.78, 5) is 51.1. The lowest BCUT2D eigenvalue weighted by Crippen LogP contribution is -2.58. The Morgan fingerprint density at radius 3 is 2.43 bits per heavy atom. The van der Waals surface area contributed by atoms with Crippen LogP contribution in [0.5, 0.6) is 0 Å². The molecule has 2 aliphatic heterocycles. The Labute approximate surface area is 281 Å². The van der Waals surface area contributed by atoms with E-state index < -0.39 is 16.6 Å². The summed E-state index contributed by atoms with van der Waals surface area (Å²) in [5, 5.41) is 4.21. The molecule has 8 nitrogen and oxygen atoms in total. The number of thioether (sulfide) groups is 1. The average Bonchev–Trinajstić information content (AvgIpc) is 3.57. The van der Waals surface area contributed by atoms with Crippen molar-refractivity contribution in [1.29, 1.82) is 0 Å². The fourth-order valence-electron chi connectivity index (χ4n) is 6.39. The highest BCUT2D eigenvalue weighted by Crippen LogP contribution is 2.55. The molecule has 3 aromatic carbocycles. The van der Waals surface area contributed by atoms with Crippen molar-refractivity contribution >= 4 is 63.7 Å². The largest absolute Gasteiger partial charge is 0.361 e. The Morgan fingerprint density at radius 1 is 1.02 bits per heavy atom. The molecule has 0 radical (unpaired) electrons. The zero-order valence-corrected chi connectivity index (χ0v) is 27.8. The smallest absolute Gasteiger partial charge is 0.317 e. The minimum atomic E-state index is -1.28. The normalized spacial score (nSPS) is 20.1. The van der Waals surface area contributed by atoms with E-state index in [4.69, 9.17) is 23.2 Å². The van der Waals surface area contributed by atoms with E-state index in [9.17, 15) is 14.0 Å². The van der Waals surface area contributed by atoms with Gasteiger partial charge in [-0.05, 0) is 55.8 Å². The molecule has 4 amide bonds. The molecular weight excluding hydrogens is 648 g/mol. The summed E-state index contributed by atoms with van der Waals surface area (Å²) in [6.07, 6.45) is 1.77. The Hall–Kier alpha value is -3.73. The molecule has 46 heavy (non-hydrogen) atoms. The SMILES string of the molecule is CCNC(=O)N1CCN(C(=O)C2(Sc3ccc(C)cc3)CC(=O)N(Cc3ccc(Cl)c(F)c3)[C@H]2c2c[nH]c3cc(Cl)ccc23)CC1. The first-order valence-electron chi connectivity index (χ1n) is 15.2. The van der Waals surface area contributed by atoms with Gasteiger partial charge < -0.3 is 25.0 Å². The fraction of sp³-hybridized carbons (Fsp3) is 0.324. The van der Waals surface area contributed by atoms with Gasteiger partial charge in [0.05, 0.1) is 17.5 Å². The number of amides is 4. The summed E-state index contributed by atoms with van der Waals surface area (Å²) in [7, 11) is 0. The molecule has 0 spiro atoms. The second-order valence-corrected chi connectivity index (χ2v) is 14.0. The van der Waals surface area contributed by atoms with Gasteiger partial charge in [-0.25, -0.2) is 9.18 Å². The maximum absolute atomic E-state index is 15.0. The van der Waals surface area contributed by atoms with Crippen LogP contribution in [-0.4, -0.2) is 75.0 Å². The average molecular weight is 683 g/mol. The standard InChI is InChI=1S/C34H34Cl2FN5O3S/c1-3-38-33(45)41-14-12-40(13-15-41)32(44)34(46-24-8-4-21(2)5-9-24)18-30(43)42(20-22-6-11-27(36)28(37)16-22)31(34)26-19-39-29-17-23(35)7-10-25(26)29/h4-11,16-17,19,31,39H,3,12-15,18,20H2,1-2H3,(H,38,45)/t31-,34?/m0/s1. The molecule has 1 aromatic heterocycles. The maximum Gasteiger partial charge on any atom is 0.317 e. The predicted octanol–water partition coefficient (Wildman–Crippen LogP) is 6.80. The van der Waals surface area contributed by atoms with Gasteiger partial charge in [0.2, 0.25) is 11.8 Å². The molecular formula is C34H34Cl2FN5O3S. The van der Waals surface area contributed by atoms with Crippen LogP contribution in [0.25, 0.3) is 10.9 Å². The zero-order chi connectivity index (χ0) is 32.6. The van der Waals surface area contributed by atoms with Crippen molar-refractivity contribution in [3.05, 3.63) is 99.4 Å². The number of likely N-dealkylation sites (tertiary alicyclic amines) is 1. The zero-order valence-electron chi connectivity index (χ0n) is 25.5. The van der Waals surface area contributed by atoms with Gasteiger partial charge in [-0.3, -0.25) is 9.59 Å². The minimum Gasteiger partial charge on any atom is -0.361 e. The predicted molar refractivity (Wildman–Crippen MR) is 180 cm³/mol. The third-order valence-electron chi connectivity index (χ3n) is 8.66. The number of aromatic nitrogens is 1. The Bertz CT molecular complexity index is 1790. The highest BCUT2D eigenvalue weighted by Gasteiger charge is 2.60.